The van der Waals surface area contributed by atoms with E-state index in [1.165, 1.54) is 6.08 Å². The highest BCUT2D eigenvalue weighted by Crippen LogP contribution is 2.28. The van der Waals surface area contributed by atoms with E-state index < -0.39 is 5.92 Å². The Hall–Kier alpha value is -4.39. The van der Waals surface area contributed by atoms with Gasteiger partial charge in [-0.05, 0) is 60.4 Å². The maximum absolute atomic E-state index is 12.8. The number of nitrogens with one attached hydrogen (secondary N) is 2. The number of Topliss-reactive ketones (excluding diaryl/α,β-unsaturated/α-hetero) is 1. The third-order valence-corrected chi connectivity index (χ3v) is 6.39. The molecule has 2 aromatic carbocycles. The number of nitrogens with zero attached hydrogens (tertiary/aromatic N) is 2. The third kappa shape index (κ3) is 6.06. The summed E-state index contributed by atoms with van der Waals surface area (Å²) in [6, 6.07) is 13.0. The molecule has 0 spiro atoms. The Balaban J connectivity index is 1.50. The summed E-state index contributed by atoms with van der Waals surface area (Å²) in [7, 11) is 0. The number of anilines is 3. The van der Waals surface area contributed by atoms with Gasteiger partial charge in [0.2, 0.25) is 11.9 Å². The monoisotopic (exact) mass is 494 g/mol. The molecule has 7 nitrogen and oxygen atoms in total. The van der Waals surface area contributed by atoms with E-state index in [1.54, 1.807) is 18.3 Å². The molecule has 2 N–H and O–H groups in total. The van der Waals surface area contributed by atoms with Crippen LogP contribution in [0.15, 0.2) is 79.0 Å². The van der Waals surface area contributed by atoms with Crippen LogP contribution < -0.4 is 10.6 Å². The first-order valence-electron chi connectivity index (χ1n) is 12.3. The lowest BCUT2D eigenvalue weighted by atomic mass is 9.89. The van der Waals surface area contributed by atoms with Crippen molar-refractivity contribution in [2.75, 3.05) is 10.6 Å². The second-order valence-corrected chi connectivity index (χ2v) is 9.48. The van der Waals surface area contributed by atoms with Gasteiger partial charge >= 0.3 is 0 Å². The van der Waals surface area contributed by atoms with Gasteiger partial charge in [0, 0.05) is 47.3 Å². The normalized spacial score (nSPS) is 14.1. The number of amides is 1. The topological polar surface area (TPSA) is 101 Å². The minimum atomic E-state index is -0.449. The summed E-state index contributed by atoms with van der Waals surface area (Å²) in [4.78, 5) is 46.1. The van der Waals surface area contributed by atoms with Crippen LogP contribution in [-0.4, -0.2) is 27.4 Å². The van der Waals surface area contributed by atoms with Gasteiger partial charge in [0.05, 0.1) is 5.52 Å². The van der Waals surface area contributed by atoms with Crippen molar-refractivity contribution in [3.63, 3.8) is 0 Å². The van der Waals surface area contributed by atoms with Crippen molar-refractivity contribution < 1.29 is 14.4 Å². The van der Waals surface area contributed by atoms with E-state index >= 15 is 0 Å². The minimum absolute atomic E-state index is 0.00428. The molecule has 0 aliphatic heterocycles. The van der Waals surface area contributed by atoms with Gasteiger partial charge in [-0.1, -0.05) is 44.7 Å². The number of hydrogen-bond acceptors (Lipinski definition) is 6. The number of ketones is 2. The lowest BCUT2D eigenvalue weighted by Gasteiger charge is -2.19. The van der Waals surface area contributed by atoms with Crippen molar-refractivity contribution in [2.45, 2.75) is 33.6 Å². The number of allylic oxidation sites excluding steroid dienone is 5. The molecule has 1 aliphatic rings. The maximum Gasteiger partial charge on any atom is 0.228 e. The Kier molecular flexibility index (Phi) is 7.72. The highest BCUT2D eigenvalue weighted by atomic mass is 16.2. The van der Waals surface area contributed by atoms with E-state index in [0.29, 0.717) is 23.7 Å². The smallest absolute Gasteiger partial charge is 0.228 e. The molecule has 3 aromatic rings. The van der Waals surface area contributed by atoms with E-state index in [1.807, 2.05) is 63.3 Å². The minimum Gasteiger partial charge on any atom is -0.326 e. The molecule has 1 aromatic heterocycles. The fourth-order valence-electron chi connectivity index (χ4n) is 4.36. The molecule has 0 radical (unpaired) electrons. The molecule has 1 heterocycles. The summed E-state index contributed by atoms with van der Waals surface area (Å²) < 4.78 is 0. The van der Waals surface area contributed by atoms with Gasteiger partial charge in [-0.3, -0.25) is 14.4 Å². The zero-order valence-electron chi connectivity index (χ0n) is 21.2. The Morgan fingerprint density at radius 3 is 2.65 bits per heavy atom. The van der Waals surface area contributed by atoms with Crippen LogP contribution in [-0.2, 0) is 14.4 Å². The molecule has 4 rings (SSSR count). The number of carbonyl (C=O) groups is 3. The van der Waals surface area contributed by atoms with Crippen molar-refractivity contribution in [1.82, 2.24) is 9.97 Å². The second-order valence-electron chi connectivity index (χ2n) is 9.48. The van der Waals surface area contributed by atoms with Crippen molar-refractivity contribution in [3.05, 3.63) is 84.6 Å². The van der Waals surface area contributed by atoms with Crippen molar-refractivity contribution in [2.24, 2.45) is 11.8 Å². The fourth-order valence-corrected chi connectivity index (χ4v) is 4.36. The van der Waals surface area contributed by atoms with Crippen LogP contribution in [0.1, 0.15) is 39.2 Å². The fraction of sp³-hybridized carbons (Fsp3) is 0.233. The second kappa shape index (κ2) is 11.1. The van der Waals surface area contributed by atoms with Gasteiger partial charge in [0.25, 0.3) is 0 Å². The summed E-state index contributed by atoms with van der Waals surface area (Å²) in [5, 5.41) is 6.93. The van der Waals surface area contributed by atoms with Crippen LogP contribution >= 0.6 is 0 Å². The molecule has 0 saturated heterocycles. The molecule has 7 heteroatoms. The number of rotatable bonds is 9. The summed E-state index contributed by atoms with van der Waals surface area (Å²) >= 11 is 0. The molecule has 0 unspecified atom stereocenters. The van der Waals surface area contributed by atoms with Gasteiger partial charge in [-0.25, -0.2) is 9.97 Å². The van der Waals surface area contributed by atoms with Crippen molar-refractivity contribution in [3.8, 4) is 0 Å². The highest BCUT2D eigenvalue weighted by Gasteiger charge is 2.24. The molecular weight excluding hydrogens is 464 g/mol. The summed E-state index contributed by atoms with van der Waals surface area (Å²) in [6.45, 7) is 9.28. The molecule has 188 valence electrons. The van der Waals surface area contributed by atoms with Crippen LogP contribution in [0.5, 0.6) is 0 Å². The van der Waals surface area contributed by atoms with Crippen molar-refractivity contribution in [1.29, 1.82) is 0 Å². The third-order valence-electron chi connectivity index (χ3n) is 6.39. The van der Waals surface area contributed by atoms with E-state index in [0.717, 1.165) is 27.6 Å². The van der Waals surface area contributed by atoms with E-state index in [-0.39, 0.29) is 29.8 Å². The predicted molar refractivity (Wildman–Crippen MR) is 147 cm³/mol. The summed E-state index contributed by atoms with van der Waals surface area (Å²) in [6.07, 6.45) is 7.38. The lowest BCUT2D eigenvalue weighted by Crippen LogP contribution is -2.28. The quantitative estimate of drug-likeness (QED) is 0.352. The van der Waals surface area contributed by atoms with Gasteiger partial charge in [-0.2, -0.15) is 0 Å². The van der Waals surface area contributed by atoms with Gasteiger partial charge in [0.1, 0.15) is 0 Å². The number of benzene rings is 2. The Labute approximate surface area is 216 Å². The molecule has 0 saturated carbocycles. The van der Waals surface area contributed by atoms with E-state index in [9.17, 15) is 14.4 Å². The largest absolute Gasteiger partial charge is 0.326 e. The number of hydrogen-bond donors (Lipinski definition) is 2. The number of aromatic nitrogens is 2. The highest BCUT2D eigenvalue weighted by molar-refractivity contribution is 6.23. The number of fused-ring (bicyclic) bond motifs is 1. The van der Waals surface area contributed by atoms with Crippen LogP contribution in [0.2, 0.25) is 0 Å². The van der Waals surface area contributed by atoms with Crippen molar-refractivity contribution >= 4 is 51.3 Å². The molecule has 1 atom stereocenters. The van der Waals surface area contributed by atoms with Gasteiger partial charge in [0.15, 0.2) is 11.6 Å². The standard InChI is InChI=1S/C30H30N4O3/c1-5-24(35)16-25(18(2)3)29(37)32-22-9-7-10-23(15-22)33-30-31-17-21-14-20(12-13-26(21)34-30)28-19(4)8-6-11-27(28)36/h5-10,12-15,17-18,25H,1,11,16H2,2-4H3,(H,32,37)(H,31,33,34)/t25-/m0/s1. The molecular formula is C30H30N4O3. The maximum atomic E-state index is 12.8. The summed E-state index contributed by atoms with van der Waals surface area (Å²) in [5.74, 6) is -0.291. The van der Waals surface area contributed by atoms with Gasteiger partial charge in [-0.15, -0.1) is 0 Å². The zero-order valence-corrected chi connectivity index (χ0v) is 21.2. The van der Waals surface area contributed by atoms with Gasteiger partial charge < -0.3 is 10.6 Å². The molecule has 1 aliphatic carbocycles. The Morgan fingerprint density at radius 1 is 1.14 bits per heavy atom. The van der Waals surface area contributed by atoms with Crippen LogP contribution in [0, 0.1) is 11.8 Å². The van der Waals surface area contributed by atoms with Crippen LogP contribution in [0.3, 0.4) is 0 Å². The zero-order chi connectivity index (χ0) is 26.5. The van der Waals surface area contributed by atoms with E-state index in [2.05, 4.69) is 27.2 Å². The first kappa shape index (κ1) is 25.7. The lowest BCUT2D eigenvalue weighted by molar-refractivity contribution is -0.125. The summed E-state index contributed by atoms with van der Waals surface area (Å²) in [5.41, 5.74) is 4.60. The Bertz CT molecular complexity index is 1450. The Morgan fingerprint density at radius 2 is 1.92 bits per heavy atom. The first-order chi connectivity index (χ1) is 17.7. The van der Waals surface area contributed by atoms with E-state index in [4.69, 9.17) is 0 Å². The van der Waals surface area contributed by atoms with Crippen LogP contribution in [0.4, 0.5) is 17.3 Å². The average molecular weight is 495 g/mol. The average Bonchev–Trinajstić information content (AvgIpc) is 2.87. The molecule has 0 bridgehead atoms. The first-order valence-corrected chi connectivity index (χ1v) is 12.3. The molecule has 1 amide bonds. The number of carbonyl (C=O) groups excluding carboxylic acids is 3. The molecule has 0 fully saturated rings. The van der Waals surface area contributed by atoms with Crippen LogP contribution in [0.25, 0.3) is 16.5 Å². The SMILES string of the molecule is C=CC(=O)C[C@H](C(=O)Nc1cccc(Nc2ncc3cc(C4=C(C)C=CCC4=O)ccc3n2)c1)C(C)C. The predicted octanol–water partition coefficient (Wildman–Crippen LogP) is 6.03. The molecule has 37 heavy (non-hydrogen) atoms.